The highest BCUT2D eigenvalue weighted by atomic mass is 16.5. The molecular formula is C23H46O4. The van der Waals surface area contributed by atoms with Crippen molar-refractivity contribution in [3.63, 3.8) is 0 Å². The van der Waals surface area contributed by atoms with Crippen molar-refractivity contribution in [1.82, 2.24) is 0 Å². The van der Waals surface area contributed by atoms with Gasteiger partial charge in [-0.15, -0.1) is 0 Å². The van der Waals surface area contributed by atoms with Gasteiger partial charge >= 0.3 is 0 Å². The first-order valence-electron chi connectivity index (χ1n) is 11.0. The first kappa shape index (κ1) is 24.9. The zero-order valence-electron chi connectivity index (χ0n) is 19.7. The van der Waals surface area contributed by atoms with E-state index in [0.29, 0.717) is 18.4 Å². The number of hydrogen-bond acceptors (Lipinski definition) is 4. The third-order valence-electron chi connectivity index (χ3n) is 6.34. The van der Waals surface area contributed by atoms with Gasteiger partial charge in [0.2, 0.25) is 0 Å². The van der Waals surface area contributed by atoms with Crippen molar-refractivity contribution >= 4 is 0 Å². The van der Waals surface area contributed by atoms with Crippen molar-refractivity contribution in [1.29, 1.82) is 0 Å². The van der Waals surface area contributed by atoms with Crippen LogP contribution < -0.4 is 0 Å². The second-order valence-corrected chi connectivity index (χ2v) is 9.55. The maximum atomic E-state index is 6.51. The molecule has 0 radical (unpaired) electrons. The summed E-state index contributed by atoms with van der Waals surface area (Å²) in [7, 11) is 0. The predicted molar refractivity (Wildman–Crippen MR) is 112 cm³/mol. The van der Waals surface area contributed by atoms with Crippen molar-refractivity contribution in [3.05, 3.63) is 0 Å². The molecule has 0 saturated carbocycles. The minimum absolute atomic E-state index is 0.154. The van der Waals surface area contributed by atoms with E-state index in [9.17, 15) is 0 Å². The summed E-state index contributed by atoms with van der Waals surface area (Å²) in [5.74, 6) is 1.10. The highest BCUT2D eigenvalue weighted by molar-refractivity contribution is 5.00. The van der Waals surface area contributed by atoms with E-state index < -0.39 is 0 Å². The van der Waals surface area contributed by atoms with Crippen LogP contribution in [0, 0.1) is 17.8 Å². The summed E-state index contributed by atoms with van der Waals surface area (Å²) in [5.41, 5.74) is -0.658. The molecule has 1 fully saturated rings. The third-order valence-corrected chi connectivity index (χ3v) is 6.34. The Hall–Kier alpha value is -0.160. The molecule has 1 heterocycles. The van der Waals surface area contributed by atoms with Gasteiger partial charge in [0.1, 0.15) is 0 Å². The molecule has 1 aliphatic heterocycles. The van der Waals surface area contributed by atoms with Gasteiger partial charge in [-0.2, -0.15) is 0 Å². The summed E-state index contributed by atoms with van der Waals surface area (Å²) in [6, 6.07) is 0. The third kappa shape index (κ3) is 6.42. The van der Waals surface area contributed by atoms with Crippen molar-refractivity contribution in [2.24, 2.45) is 17.8 Å². The highest BCUT2D eigenvalue weighted by Crippen LogP contribution is 2.46. The molecule has 4 heteroatoms. The maximum absolute atomic E-state index is 6.51. The molecular weight excluding hydrogens is 340 g/mol. The van der Waals surface area contributed by atoms with E-state index in [2.05, 4.69) is 69.2 Å². The normalized spacial score (nSPS) is 25.8. The van der Waals surface area contributed by atoms with Crippen LogP contribution in [0.5, 0.6) is 0 Å². The average molecular weight is 387 g/mol. The Morgan fingerprint density at radius 1 is 0.852 bits per heavy atom. The lowest BCUT2D eigenvalue weighted by Gasteiger charge is -2.44. The first-order chi connectivity index (χ1) is 12.5. The van der Waals surface area contributed by atoms with Gasteiger partial charge in [-0.25, -0.2) is 0 Å². The second-order valence-electron chi connectivity index (χ2n) is 9.55. The number of hydrogen-bond donors (Lipinski definition) is 0. The van der Waals surface area contributed by atoms with Crippen LogP contribution in [0.3, 0.4) is 0 Å². The highest BCUT2D eigenvalue weighted by Gasteiger charge is 2.51. The fourth-order valence-corrected chi connectivity index (χ4v) is 5.03. The summed E-state index contributed by atoms with van der Waals surface area (Å²) in [6.45, 7) is 24.6. The topological polar surface area (TPSA) is 36.9 Å². The van der Waals surface area contributed by atoms with Gasteiger partial charge in [-0.3, -0.25) is 0 Å². The Morgan fingerprint density at radius 3 is 1.89 bits per heavy atom. The quantitative estimate of drug-likeness (QED) is 0.445. The van der Waals surface area contributed by atoms with E-state index >= 15 is 0 Å². The van der Waals surface area contributed by atoms with Crippen LogP contribution >= 0.6 is 0 Å². The molecule has 0 spiro atoms. The lowest BCUT2D eigenvalue weighted by Crippen LogP contribution is -2.49. The fraction of sp³-hybridized carbons (Fsp3) is 1.00. The van der Waals surface area contributed by atoms with E-state index in [1.807, 2.05) is 0 Å². The predicted octanol–water partition coefficient (Wildman–Crippen LogP) is 5.48. The smallest absolute Gasteiger partial charge is 0.0680 e. The Balaban J connectivity index is 3.17. The van der Waals surface area contributed by atoms with Crippen LogP contribution in [-0.4, -0.2) is 49.3 Å². The molecule has 0 bridgehead atoms. The molecule has 0 aromatic carbocycles. The van der Waals surface area contributed by atoms with Gasteiger partial charge < -0.3 is 18.9 Å². The van der Waals surface area contributed by atoms with Crippen molar-refractivity contribution < 1.29 is 18.9 Å². The molecule has 1 aliphatic rings. The average Bonchev–Trinajstić information content (AvgIpc) is 2.96. The summed E-state index contributed by atoms with van der Waals surface area (Å²) in [6.07, 6.45) is 2.15. The molecule has 1 rings (SSSR count). The van der Waals surface area contributed by atoms with Gasteiger partial charge in [-0.1, -0.05) is 13.3 Å². The molecule has 0 aromatic heterocycles. The summed E-state index contributed by atoms with van der Waals surface area (Å²) < 4.78 is 24.9. The lowest BCUT2D eigenvalue weighted by atomic mass is 9.69. The van der Waals surface area contributed by atoms with Gasteiger partial charge in [-0.05, 0) is 74.7 Å². The first-order valence-corrected chi connectivity index (χ1v) is 11.0. The van der Waals surface area contributed by atoms with Crippen LogP contribution in [0.15, 0.2) is 0 Å². The van der Waals surface area contributed by atoms with Crippen LogP contribution in [-0.2, 0) is 18.9 Å². The van der Waals surface area contributed by atoms with Gasteiger partial charge in [0.15, 0.2) is 0 Å². The number of rotatable bonds is 12. The van der Waals surface area contributed by atoms with E-state index in [-0.39, 0.29) is 28.8 Å². The van der Waals surface area contributed by atoms with Gasteiger partial charge in [0.25, 0.3) is 0 Å². The lowest BCUT2D eigenvalue weighted by molar-refractivity contribution is -0.136. The summed E-state index contributed by atoms with van der Waals surface area (Å²) in [5, 5.41) is 0. The standard InChI is InChI=1S/C23H46O4/c1-11-17-19(23(9,10)27-14-4)16-24-20(17)18(22(7,8)26-13-3)15-21(5,6)25-12-2/h17-20H,11-16H2,1-10H3. The molecule has 1 saturated heterocycles. The summed E-state index contributed by atoms with van der Waals surface area (Å²) >= 11 is 0. The van der Waals surface area contributed by atoms with E-state index in [0.717, 1.165) is 32.7 Å². The minimum Gasteiger partial charge on any atom is -0.377 e. The van der Waals surface area contributed by atoms with Gasteiger partial charge in [0, 0.05) is 31.7 Å². The van der Waals surface area contributed by atoms with Gasteiger partial charge in [0.05, 0.1) is 29.5 Å². The molecule has 0 N–H and O–H groups in total. The zero-order chi connectivity index (χ0) is 20.9. The van der Waals surface area contributed by atoms with Crippen LogP contribution in [0.25, 0.3) is 0 Å². The maximum Gasteiger partial charge on any atom is 0.0680 e. The largest absolute Gasteiger partial charge is 0.377 e. The Bertz CT molecular complexity index is 430. The van der Waals surface area contributed by atoms with Crippen molar-refractivity contribution in [2.45, 2.75) is 105 Å². The molecule has 4 nitrogen and oxygen atoms in total. The molecule has 0 amide bonds. The zero-order valence-corrected chi connectivity index (χ0v) is 19.7. The molecule has 4 atom stereocenters. The van der Waals surface area contributed by atoms with Crippen LogP contribution in [0.1, 0.15) is 82.1 Å². The van der Waals surface area contributed by atoms with Crippen LogP contribution in [0.2, 0.25) is 0 Å². The Labute approximate surface area is 168 Å². The molecule has 4 unspecified atom stereocenters. The monoisotopic (exact) mass is 386 g/mol. The van der Waals surface area contributed by atoms with E-state index in [1.165, 1.54) is 0 Å². The molecule has 27 heavy (non-hydrogen) atoms. The summed E-state index contributed by atoms with van der Waals surface area (Å²) in [4.78, 5) is 0. The second kappa shape index (κ2) is 10.0. The Morgan fingerprint density at radius 2 is 1.41 bits per heavy atom. The fourth-order valence-electron chi connectivity index (χ4n) is 5.03. The molecule has 0 aromatic rings. The minimum atomic E-state index is -0.272. The van der Waals surface area contributed by atoms with Crippen molar-refractivity contribution in [2.75, 3.05) is 26.4 Å². The van der Waals surface area contributed by atoms with Crippen LogP contribution in [0.4, 0.5) is 0 Å². The SMILES string of the molecule is CCOC(C)(C)CC(C1OCC(C(C)(C)OCC)C1CC)C(C)(C)OCC. The molecule has 0 aliphatic carbocycles. The van der Waals surface area contributed by atoms with E-state index in [1.54, 1.807) is 0 Å². The van der Waals surface area contributed by atoms with E-state index in [4.69, 9.17) is 18.9 Å². The van der Waals surface area contributed by atoms with Crippen molar-refractivity contribution in [3.8, 4) is 0 Å². The Kier molecular flexibility index (Phi) is 9.26. The number of ether oxygens (including phenoxy) is 4. The molecule has 162 valence electrons.